The summed E-state index contributed by atoms with van der Waals surface area (Å²) < 4.78 is 7.38. The quantitative estimate of drug-likeness (QED) is 0.240. The number of halogens is 1. The van der Waals surface area contributed by atoms with Crippen molar-refractivity contribution >= 4 is 29.3 Å². The number of nitrogens with zero attached hydrogens (tertiary/aromatic N) is 4. The van der Waals surface area contributed by atoms with Gasteiger partial charge >= 0.3 is 0 Å². The van der Waals surface area contributed by atoms with Crippen molar-refractivity contribution < 1.29 is 4.42 Å². The number of thioether (sulfide) groups is 1. The van der Waals surface area contributed by atoms with Crippen molar-refractivity contribution in [3.8, 4) is 0 Å². The minimum atomic E-state index is 0.276. The molecule has 1 aromatic carbocycles. The zero-order valence-corrected chi connectivity index (χ0v) is 18.2. The molecule has 3 aromatic rings. The van der Waals surface area contributed by atoms with Gasteiger partial charge in [-0.15, -0.1) is 11.8 Å². The van der Waals surface area contributed by atoms with E-state index in [4.69, 9.17) is 21.0 Å². The average molecular weight is 445 g/mol. The molecular formula is C21H25ClN6OS. The third-order valence-corrected chi connectivity index (χ3v) is 6.10. The fourth-order valence-electron chi connectivity index (χ4n) is 3.30. The van der Waals surface area contributed by atoms with Crippen LogP contribution >= 0.6 is 23.4 Å². The number of rotatable bonds is 8. The number of guanidine groups is 1. The van der Waals surface area contributed by atoms with E-state index in [1.807, 2.05) is 41.1 Å². The zero-order valence-electron chi connectivity index (χ0n) is 16.6. The number of aliphatic imine (C=N–C) groups is 1. The van der Waals surface area contributed by atoms with Gasteiger partial charge in [0.2, 0.25) is 0 Å². The number of nitrogens with one attached hydrogen (secondary N) is 2. The Hall–Kier alpha value is -2.45. The molecule has 1 unspecified atom stereocenters. The first-order valence-corrected chi connectivity index (χ1v) is 11.4. The van der Waals surface area contributed by atoms with Crippen molar-refractivity contribution in [2.45, 2.75) is 36.7 Å². The zero-order chi connectivity index (χ0) is 20.6. The standard InChI is InChI=1S/C21H25ClN6OS/c22-16-3-6-19(7-4-16)30-13-11-24-21(23-10-9-18-2-1-12-29-18)27-17-5-8-20-25-15-26-28(20)14-17/h1-4,6-7,12,15,17H,5,8-11,13-14H2,(H2,23,24,27). The summed E-state index contributed by atoms with van der Waals surface area (Å²) in [7, 11) is 0. The van der Waals surface area contributed by atoms with Gasteiger partial charge in [0.1, 0.15) is 17.9 Å². The number of aryl methyl sites for hydroxylation is 1. The highest BCUT2D eigenvalue weighted by Crippen LogP contribution is 2.19. The maximum Gasteiger partial charge on any atom is 0.191 e. The Bertz CT molecular complexity index is 941. The summed E-state index contributed by atoms with van der Waals surface area (Å²) in [5.74, 6) is 3.75. The highest BCUT2D eigenvalue weighted by Gasteiger charge is 2.20. The lowest BCUT2D eigenvalue weighted by Gasteiger charge is -2.25. The van der Waals surface area contributed by atoms with Gasteiger partial charge in [0.05, 0.1) is 12.8 Å². The van der Waals surface area contributed by atoms with Gasteiger partial charge in [0.15, 0.2) is 5.96 Å². The molecule has 158 valence electrons. The van der Waals surface area contributed by atoms with Crippen LogP contribution in [0.2, 0.25) is 5.02 Å². The molecule has 0 amide bonds. The van der Waals surface area contributed by atoms with E-state index in [-0.39, 0.29) is 6.04 Å². The number of hydrogen-bond acceptors (Lipinski definition) is 5. The van der Waals surface area contributed by atoms with Gasteiger partial charge in [-0.05, 0) is 42.8 Å². The van der Waals surface area contributed by atoms with Crippen LogP contribution in [0.15, 0.2) is 63.3 Å². The van der Waals surface area contributed by atoms with Crippen LogP contribution in [0.25, 0.3) is 0 Å². The van der Waals surface area contributed by atoms with Gasteiger partial charge < -0.3 is 15.1 Å². The molecule has 2 N–H and O–H groups in total. The molecule has 3 heterocycles. The summed E-state index contributed by atoms with van der Waals surface area (Å²) >= 11 is 7.74. The van der Waals surface area contributed by atoms with Crippen LogP contribution in [0, 0.1) is 0 Å². The Labute approximate surface area is 185 Å². The van der Waals surface area contributed by atoms with E-state index in [0.29, 0.717) is 6.54 Å². The van der Waals surface area contributed by atoms with Gasteiger partial charge in [-0.3, -0.25) is 4.99 Å². The minimum absolute atomic E-state index is 0.276. The van der Waals surface area contributed by atoms with E-state index in [1.54, 1.807) is 24.4 Å². The number of fused-ring (bicyclic) bond motifs is 1. The minimum Gasteiger partial charge on any atom is -0.469 e. The van der Waals surface area contributed by atoms with E-state index < -0.39 is 0 Å². The first-order valence-electron chi connectivity index (χ1n) is 10.1. The molecule has 2 aromatic heterocycles. The molecule has 0 bridgehead atoms. The van der Waals surface area contributed by atoms with Gasteiger partial charge in [0, 0.05) is 47.6 Å². The summed E-state index contributed by atoms with van der Waals surface area (Å²) in [6, 6.07) is 12.1. The Morgan fingerprint density at radius 1 is 1.30 bits per heavy atom. The Kier molecular flexibility index (Phi) is 7.31. The second kappa shape index (κ2) is 10.5. The summed E-state index contributed by atoms with van der Waals surface area (Å²) in [6.07, 6.45) is 6.03. The van der Waals surface area contributed by atoms with Gasteiger partial charge in [-0.25, -0.2) is 9.67 Å². The third kappa shape index (κ3) is 6.03. The predicted molar refractivity (Wildman–Crippen MR) is 120 cm³/mol. The highest BCUT2D eigenvalue weighted by atomic mass is 35.5. The molecule has 0 saturated heterocycles. The highest BCUT2D eigenvalue weighted by molar-refractivity contribution is 7.99. The number of hydrogen-bond donors (Lipinski definition) is 2. The van der Waals surface area contributed by atoms with E-state index in [2.05, 4.69) is 20.7 Å². The molecule has 0 fully saturated rings. The van der Waals surface area contributed by atoms with Crippen molar-refractivity contribution in [1.82, 2.24) is 25.4 Å². The monoisotopic (exact) mass is 444 g/mol. The summed E-state index contributed by atoms with van der Waals surface area (Å²) in [5.41, 5.74) is 0. The SMILES string of the molecule is Clc1ccc(SCCNC(=NCCc2ccco2)NC2CCc3ncnn3C2)cc1. The van der Waals surface area contributed by atoms with E-state index >= 15 is 0 Å². The molecule has 1 atom stereocenters. The van der Waals surface area contributed by atoms with Gasteiger partial charge in [-0.1, -0.05) is 11.6 Å². The Balaban J connectivity index is 1.30. The molecule has 4 rings (SSSR count). The number of furan rings is 1. The molecule has 0 aliphatic carbocycles. The first kappa shape index (κ1) is 20.8. The van der Waals surface area contributed by atoms with Gasteiger partial charge in [0.25, 0.3) is 0 Å². The molecule has 1 aliphatic heterocycles. The topological polar surface area (TPSA) is 80.3 Å². The van der Waals surface area contributed by atoms with E-state index in [1.165, 1.54) is 4.90 Å². The summed E-state index contributed by atoms with van der Waals surface area (Å²) in [5, 5.41) is 12.1. The molecule has 7 nitrogen and oxygen atoms in total. The molecule has 0 radical (unpaired) electrons. The van der Waals surface area contributed by atoms with Crippen molar-refractivity contribution in [2.24, 2.45) is 4.99 Å². The number of benzene rings is 1. The molecule has 0 saturated carbocycles. The Morgan fingerprint density at radius 2 is 2.20 bits per heavy atom. The van der Waals surface area contributed by atoms with E-state index in [9.17, 15) is 0 Å². The van der Waals surface area contributed by atoms with Crippen molar-refractivity contribution in [3.63, 3.8) is 0 Å². The van der Waals surface area contributed by atoms with Crippen molar-refractivity contribution in [2.75, 3.05) is 18.8 Å². The lowest BCUT2D eigenvalue weighted by molar-refractivity contribution is 0.392. The van der Waals surface area contributed by atoms with Crippen LogP contribution in [-0.2, 0) is 19.4 Å². The smallest absolute Gasteiger partial charge is 0.191 e. The molecule has 0 spiro atoms. The average Bonchev–Trinajstić information content (AvgIpc) is 3.44. The largest absolute Gasteiger partial charge is 0.469 e. The normalized spacial score (nSPS) is 16.3. The second-order valence-corrected chi connectivity index (χ2v) is 8.63. The lowest BCUT2D eigenvalue weighted by atomic mass is 10.1. The van der Waals surface area contributed by atoms with Crippen LogP contribution in [-0.4, -0.2) is 45.6 Å². The maximum absolute atomic E-state index is 5.95. The summed E-state index contributed by atoms with van der Waals surface area (Å²) in [6.45, 7) is 2.27. The van der Waals surface area contributed by atoms with Crippen molar-refractivity contribution in [3.05, 3.63) is 65.6 Å². The fourth-order valence-corrected chi connectivity index (χ4v) is 4.20. The van der Waals surface area contributed by atoms with Crippen LogP contribution in [0.3, 0.4) is 0 Å². The first-order chi connectivity index (χ1) is 14.8. The summed E-state index contributed by atoms with van der Waals surface area (Å²) in [4.78, 5) is 10.3. The van der Waals surface area contributed by atoms with Crippen LogP contribution < -0.4 is 10.6 Å². The van der Waals surface area contributed by atoms with Crippen LogP contribution in [0.5, 0.6) is 0 Å². The molecule has 30 heavy (non-hydrogen) atoms. The second-order valence-electron chi connectivity index (χ2n) is 7.03. The molecule has 9 heteroatoms. The lowest BCUT2D eigenvalue weighted by Crippen LogP contribution is -2.47. The number of aromatic nitrogens is 3. The third-order valence-electron chi connectivity index (χ3n) is 4.83. The fraction of sp³-hybridized carbons (Fsp3) is 0.381. The van der Waals surface area contributed by atoms with Crippen molar-refractivity contribution in [1.29, 1.82) is 0 Å². The van der Waals surface area contributed by atoms with Crippen LogP contribution in [0.4, 0.5) is 0 Å². The van der Waals surface area contributed by atoms with Crippen LogP contribution in [0.1, 0.15) is 18.0 Å². The van der Waals surface area contributed by atoms with Gasteiger partial charge in [-0.2, -0.15) is 5.10 Å². The van der Waals surface area contributed by atoms with E-state index in [0.717, 1.165) is 60.7 Å². The maximum atomic E-state index is 5.95. The molecular weight excluding hydrogens is 420 g/mol. The predicted octanol–water partition coefficient (Wildman–Crippen LogP) is 3.41. The molecule has 1 aliphatic rings. The Morgan fingerprint density at radius 3 is 3.03 bits per heavy atom.